The standard InChI is InChI=1S/C12H18O5/c1-6(13)15-10-7-5-8(14)16-11(17-10)9(7)12(2,3)4/h7,9-11H,5H2,1-4H3/t7-,9+,10-,11-/m1/s1. The highest BCUT2D eigenvalue weighted by atomic mass is 16.8. The minimum absolute atomic E-state index is 0.0598. The number of hydrogen-bond donors (Lipinski definition) is 0. The molecule has 2 aliphatic heterocycles. The molecule has 0 unspecified atom stereocenters. The molecule has 2 bridgehead atoms. The number of ether oxygens (including phenoxy) is 3. The molecule has 0 aromatic carbocycles. The molecule has 0 saturated carbocycles. The van der Waals surface area contributed by atoms with Crippen LogP contribution in [-0.4, -0.2) is 24.5 Å². The van der Waals surface area contributed by atoms with Gasteiger partial charge in [0.25, 0.3) is 0 Å². The topological polar surface area (TPSA) is 61.8 Å². The summed E-state index contributed by atoms with van der Waals surface area (Å²) in [6.45, 7) is 7.53. The number of fused-ring (bicyclic) bond motifs is 2. The van der Waals surface area contributed by atoms with Crippen LogP contribution in [0.1, 0.15) is 34.1 Å². The van der Waals surface area contributed by atoms with Crippen LogP contribution in [0.15, 0.2) is 0 Å². The second-order valence-corrected chi connectivity index (χ2v) is 5.73. The molecule has 0 N–H and O–H groups in total. The fourth-order valence-corrected chi connectivity index (χ4v) is 2.71. The SMILES string of the molecule is CC(=O)O[C@@H]1O[C@H]2OC(=O)C[C@@H]1[C@@H]2C(C)(C)C. The number of carbonyl (C=O) groups is 2. The highest BCUT2D eigenvalue weighted by Crippen LogP contribution is 2.48. The zero-order chi connectivity index (χ0) is 12.8. The van der Waals surface area contributed by atoms with Gasteiger partial charge in [0.1, 0.15) is 0 Å². The van der Waals surface area contributed by atoms with Crippen molar-refractivity contribution in [1.29, 1.82) is 0 Å². The van der Waals surface area contributed by atoms with Gasteiger partial charge in [-0.2, -0.15) is 0 Å². The van der Waals surface area contributed by atoms with E-state index >= 15 is 0 Å². The van der Waals surface area contributed by atoms with Gasteiger partial charge >= 0.3 is 11.9 Å². The Hall–Kier alpha value is -1.10. The molecule has 5 heteroatoms. The van der Waals surface area contributed by atoms with Crippen LogP contribution in [-0.2, 0) is 23.8 Å². The molecule has 0 radical (unpaired) electrons. The van der Waals surface area contributed by atoms with Gasteiger partial charge in [-0.25, -0.2) is 0 Å². The fourth-order valence-electron chi connectivity index (χ4n) is 2.71. The molecule has 2 saturated heterocycles. The predicted octanol–water partition coefficient (Wildman–Crippen LogP) is 1.46. The first-order chi connectivity index (χ1) is 7.79. The van der Waals surface area contributed by atoms with Crippen molar-refractivity contribution in [2.75, 3.05) is 0 Å². The third-order valence-corrected chi connectivity index (χ3v) is 3.30. The van der Waals surface area contributed by atoms with Crippen LogP contribution >= 0.6 is 0 Å². The fraction of sp³-hybridized carbons (Fsp3) is 0.833. The maximum Gasteiger partial charge on any atom is 0.308 e. The van der Waals surface area contributed by atoms with E-state index in [0.29, 0.717) is 0 Å². The highest BCUT2D eigenvalue weighted by Gasteiger charge is 2.56. The van der Waals surface area contributed by atoms with E-state index in [-0.39, 0.29) is 29.6 Å². The Bertz CT molecular complexity index is 343. The van der Waals surface area contributed by atoms with Crippen LogP contribution in [0.25, 0.3) is 0 Å². The van der Waals surface area contributed by atoms with Gasteiger partial charge in [-0.1, -0.05) is 20.8 Å². The lowest BCUT2D eigenvalue weighted by Crippen LogP contribution is -2.41. The first-order valence-electron chi connectivity index (χ1n) is 5.81. The van der Waals surface area contributed by atoms with Crippen molar-refractivity contribution < 1.29 is 23.8 Å². The molecule has 2 heterocycles. The van der Waals surface area contributed by atoms with Crippen LogP contribution < -0.4 is 0 Å². The Morgan fingerprint density at radius 3 is 2.59 bits per heavy atom. The lowest BCUT2D eigenvalue weighted by molar-refractivity contribution is -0.211. The summed E-state index contributed by atoms with van der Waals surface area (Å²) in [5.74, 6) is -0.729. The summed E-state index contributed by atoms with van der Waals surface area (Å²) in [6, 6.07) is 0. The van der Waals surface area contributed by atoms with Gasteiger partial charge in [0, 0.05) is 18.8 Å². The van der Waals surface area contributed by atoms with E-state index in [4.69, 9.17) is 14.2 Å². The Labute approximate surface area is 100 Å². The quantitative estimate of drug-likeness (QED) is 0.651. The zero-order valence-corrected chi connectivity index (χ0v) is 10.6. The van der Waals surface area contributed by atoms with Gasteiger partial charge in [0.05, 0.1) is 6.42 Å². The smallest absolute Gasteiger partial charge is 0.308 e. The number of carbonyl (C=O) groups excluding carboxylic acids is 2. The molecule has 2 fully saturated rings. The summed E-state index contributed by atoms with van der Waals surface area (Å²) in [6.07, 6.45) is -1.00. The first-order valence-corrected chi connectivity index (χ1v) is 5.81. The largest absolute Gasteiger partial charge is 0.435 e. The molecule has 96 valence electrons. The van der Waals surface area contributed by atoms with Crippen LogP contribution in [0, 0.1) is 17.3 Å². The van der Waals surface area contributed by atoms with E-state index in [1.807, 2.05) is 0 Å². The van der Waals surface area contributed by atoms with Gasteiger partial charge in [-0.15, -0.1) is 0 Å². The molecular formula is C12H18O5. The van der Waals surface area contributed by atoms with Crippen molar-refractivity contribution in [1.82, 2.24) is 0 Å². The Balaban J connectivity index is 2.21. The van der Waals surface area contributed by atoms with Gasteiger partial charge in [0.15, 0.2) is 0 Å². The van der Waals surface area contributed by atoms with E-state index in [1.165, 1.54) is 6.92 Å². The van der Waals surface area contributed by atoms with Crippen molar-refractivity contribution in [3.8, 4) is 0 Å². The summed E-state index contributed by atoms with van der Waals surface area (Å²) in [4.78, 5) is 22.4. The second-order valence-electron chi connectivity index (χ2n) is 5.73. The third kappa shape index (κ3) is 2.29. The van der Waals surface area contributed by atoms with E-state index in [2.05, 4.69) is 20.8 Å². The maximum atomic E-state index is 11.4. The van der Waals surface area contributed by atoms with Gasteiger partial charge in [-0.05, 0) is 5.41 Å². The third-order valence-electron chi connectivity index (χ3n) is 3.30. The van der Waals surface area contributed by atoms with Crippen LogP contribution in [0.4, 0.5) is 0 Å². The summed E-state index contributed by atoms with van der Waals surface area (Å²) in [7, 11) is 0. The van der Waals surface area contributed by atoms with Gasteiger partial charge in [0.2, 0.25) is 12.6 Å². The predicted molar refractivity (Wildman–Crippen MR) is 57.6 cm³/mol. The number of esters is 2. The van der Waals surface area contributed by atoms with E-state index in [0.717, 1.165) is 0 Å². The van der Waals surface area contributed by atoms with Crippen molar-refractivity contribution in [2.45, 2.75) is 46.7 Å². The molecular weight excluding hydrogens is 224 g/mol. The van der Waals surface area contributed by atoms with Crippen molar-refractivity contribution >= 4 is 11.9 Å². The van der Waals surface area contributed by atoms with Crippen molar-refractivity contribution in [3.05, 3.63) is 0 Å². The monoisotopic (exact) mass is 242 g/mol. The molecule has 17 heavy (non-hydrogen) atoms. The molecule has 0 amide bonds. The molecule has 5 nitrogen and oxygen atoms in total. The van der Waals surface area contributed by atoms with E-state index < -0.39 is 18.5 Å². The molecule has 4 atom stereocenters. The van der Waals surface area contributed by atoms with Gasteiger partial charge in [-0.3, -0.25) is 9.59 Å². The normalized spacial score (nSPS) is 36.6. The first kappa shape index (κ1) is 12.4. The summed E-state index contributed by atoms with van der Waals surface area (Å²) < 4.78 is 15.8. The average Bonchev–Trinajstić information content (AvgIpc) is 2.34. The Morgan fingerprint density at radius 1 is 1.41 bits per heavy atom. The second kappa shape index (κ2) is 3.98. The zero-order valence-electron chi connectivity index (χ0n) is 10.6. The van der Waals surface area contributed by atoms with Gasteiger partial charge < -0.3 is 14.2 Å². The highest BCUT2D eigenvalue weighted by molar-refractivity contribution is 5.71. The lowest BCUT2D eigenvalue weighted by Gasteiger charge is -2.36. The summed E-state index contributed by atoms with van der Waals surface area (Å²) in [5.41, 5.74) is -0.0646. The number of rotatable bonds is 1. The van der Waals surface area contributed by atoms with Crippen LogP contribution in [0.5, 0.6) is 0 Å². The molecule has 2 rings (SSSR count). The van der Waals surface area contributed by atoms with E-state index in [1.54, 1.807) is 0 Å². The lowest BCUT2D eigenvalue weighted by atomic mass is 9.71. The Kier molecular flexibility index (Phi) is 2.89. The molecule has 0 aromatic heterocycles. The summed E-state index contributed by atoms with van der Waals surface area (Å²) >= 11 is 0. The maximum absolute atomic E-state index is 11.4. The van der Waals surface area contributed by atoms with E-state index in [9.17, 15) is 9.59 Å². The molecule has 2 aliphatic rings. The van der Waals surface area contributed by atoms with Crippen molar-refractivity contribution in [3.63, 3.8) is 0 Å². The number of hydrogen-bond acceptors (Lipinski definition) is 5. The molecule has 0 aliphatic carbocycles. The minimum atomic E-state index is -0.659. The van der Waals surface area contributed by atoms with Crippen LogP contribution in [0.2, 0.25) is 0 Å². The van der Waals surface area contributed by atoms with Crippen LogP contribution in [0.3, 0.4) is 0 Å². The van der Waals surface area contributed by atoms with Crippen molar-refractivity contribution in [2.24, 2.45) is 17.3 Å². The summed E-state index contributed by atoms with van der Waals surface area (Å²) in [5, 5.41) is 0. The Morgan fingerprint density at radius 2 is 2.06 bits per heavy atom. The molecule has 0 aromatic rings. The minimum Gasteiger partial charge on any atom is -0.435 e. The average molecular weight is 242 g/mol. The molecule has 0 spiro atoms.